The van der Waals surface area contributed by atoms with Gasteiger partial charge in [0.2, 0.25) is 11.2 Å². The van der Waals surface area contributed by atoms with Crippen molar-refractivity contribution in [3.63, 3.8) is 0 Å². The van der Waals surface area contributed by atoms with E-state index in [4.69, 9.17) is 10.2 Å². The first-order valence-electron chi connectivity index (χ1n) is 10.3. The molecule has 0 radical (unpaired) electrons. The summed E-state index contributed by atoms with van der Waals surface area (Å²) >= 11 is 0. The van der Waals surface area contributed by atoms with E-state index >= 15 is 0 Å². The van der Waals surface area contributed by atoms with E-state index in [1.165, 1.54) is 0 Å². The van der Waals surface area contributed by atoms with Gasteiger partial charge in [-0.3, -0.25) is 28.8 Å². The third kappa shape index (κ3) is 10.4. The second kappa shape index (κ2) is 14.2. The van der Waals surface area contributed by atoms with Gasteiger partial charge in [0.05, 0.1) is 25.7 Å². The van der Waals surface area contributed by atoms with Gasteiger partial charge in [0.1, 0.15) is 0 Å². The summed E-state index contributed by atoms with van der Waals surface area (Å²) in [5.41, 5.74) is -6.77. The molecule has 0 aromatic heterocycles. The molecule has 0 amide bonds. The molecule has 0 spiro atoms. The van der Waals surface area contributed by atoms with E-state index in [0.717, 1.165) is 0 Å². The normalized spacial score (nSPS) is 15.0. The van der Waals surface area contributed by atoms with E-state index in [2.05, 4.69) is 18.9 Å². The first-order chi connectivity index (χ1) is 18.2. The lowest BCUT2D eigenvalue weighted by Gasteiger charge is -2.30. The van der Waals surface area contributed by atoms with Gasteiger partial charge in [-0.25, -0.2) is 19.2 Å². The zero-order valence-corrected chi connectivity index (χ0v) is 20.4. The standard InChI is InChI=1S/C20H22O20/c1-7(21)37-11(27)5-19(17(33)34,3-9(23)24)39-15(31)13(29)14(30)16(32)40-20(18(35)36,4-10(25)26)6-12(28)38-8(2)22/h13-14,29-30H,3-6H2,1-2H3,(H,23,24)(H,25,26)(H,33,34)(H,35,36). The molecule has 0 aromatic carbocycles. The molecule has 0 bridgehead atoms. The van der Waals surface area contributed by atoms with Crippen LogP contribution in [0.25, 0.3) is 0 Å². The van der Waals surface area contributed by atoms with Gasteiger partial charge in [-0.1, -0.05) is 0 Å². The molecule has 4 unspecified atom stereocenters. The summed E-state index contributed by atoms with van der Waals surface area (Å²) in [7, 11) is 0. The van der Waals surface area contributed by atoms with Gasteiger partial charge >= 0.3 is 59.7 Å². The van der Waals surface area contributed by atoms with Crippen LogP contribution in [0.2, 0.25) is 0 Å². The van der Waals surface area contributed by atoms with Crippen molar-refractivity contribution in [1.29, 1.82) is 0 Å². The average Bonchev–Trinajstić information content (AvgIpc) is 2.75. The Morgan fingerprint density at radius 3 is 1.02 bits per heavy atom. The minimum Gasteiger partial charge on any atom is -0.481 e. The van der Waals surface area contributed by atoms with Crippen molar-refractivity contribution in [3.05, 3.63) is 0 Å². The third-order valence-electron chi connectivity index (χ3n) is 4.40. The van der Waals surface area contributed by atoms with Crippen molar-refractivity contribution in [1.82, 2.24) is 0 Å². The number of carboxylic acid groups (broad SMARTS) is 4. The highest BCUT2D eigenvalue weighted by Gasteiger charge is 2.52. The molecule has 0 saturated carbocycles. The molecule has 40 heavy (non-hydrogen) atoms. The van der Waals surface area contributed by atoms with Crippen molar-refractivity contribution in [3.8, 4) is 0 Å². The lowest BCUT2D eigenvalue weighted by atomic mass is 9.94. The number of carboxylic acids is 4. The maximum absolute atomic E-state index is 12.3. The van der Waals surface area contributed by atoms with E-state index in [0.29, 0.717) is 13.8 Å². The molecule has 0 rings (SSSR count). The molecule has 4 atom stereocenters. The minimum absolute atomic E-state index is 0.705. The first-order valence-corrected chi connectivity index (χ1v) is 10.3. The quantitative estimate of drug-likeness (QED) is 0.0615. The van der Waals surface area contributed by atoms with Crippen LogP contribution in [0.15, 0.2) is 0 Å². The molecule has 0 aliphatic carbocycles. The summed E-state index contributed by atoms with van der Waals surface area (Å²) < 4.78 is 16.9. The van der Waals surface area contributed by atoms with E-state index in [1.807, 2.05) is 0 Å². The molecule has 0 fully saturated rings. The van der Waals surface area contributed by atoms with Crippen LogP contribution in [0.5, 0.6) is 0 Å². The molecule has 20 nitrogen and oxygen atoms in total. The highest BCUT2D eigenvalue weighted by molar-refractivity contribution is 5.96. The zero-order valence-electron chi connectivity index (χ0n) is 20.4. The number of hydrogen-bond donors (Lipinski definition) is 6. The first kappa shape index (κ1) is 35.0. The fourth-order valence-electron chi connectivity index (χ4n) is 2.77. The van der Waals surface area contributed by atoms with E-state index in [1.54, 1.807) is 0 Å². The van der Waals surface area contributed by atoms with E-state index in [-0.39, 0.29) is 0 Å². The SMILES string of the molecule is CC(=O)OC(=O)CC(CC(=O)O)(OC(=O)C(O)C(O)C(=O)OC(CC(=O)O)(CC(=O)OC(C)=O)C(=O)O)C(=O)O. The Labute approximate surface area is 221 Å². The lowest BCUT2D eigenvalue weighted by Crippen LogP contribution is -2.53. The fraction of sp³-hybridized carbons (Fsp3) is 0.500. The van der Waals surface area contributed by atoms with Crippen LogP contribution in [0.3, 0.4) is 0 Å². The topological polar surface area (TPSA) is 329 Å². The maximum Gasteiger partial charge on any atom is 0.349 e. The molecule has 20 heteroatoms. The Kier molecular flexibility index (Phi) is 12.5. The summed E-state index contributed by atoms with van der Waals surface area (Å²) in [5, 5.41) is 56.8. The number of rotatable bonds is 15. The summed E-state index contributed by atoms with van der Waals surface area (Å²) in [4.78, 5) is 116. The highest BCUT2D eigenvalue weighted by atomic mass is 16.6. The molecule has 6 N–H and O–H groups in total. The Balaban J connectivity index is 6.15. The van der Waals surface area contributed by atoms with Crippen molar-refractivity contribution in [2.24, 2.45) is 0 Å². The van der Waals surface area contributed by atoms with Crippen molar-refractivity contribution < 1.29 is 97.5 Å². The van der Waals surface area contributed by atoms with Crippen LogP contribution in [0, 0.1) is 0 Å². The largest absolute Gasteiger partial charge is 0.481 e. The second-order valence-corrected chi connectivity index (χ2v) is 7.76. The molecule has 0 aromatic rings. The predicted octanol–water partition coefficient (Wildman–Crippen LogP) is -3.65. The van der Waals surface area contributed by atoms with Gasteiger partial charge in [0.15, 0.2) is 12.2 Å². The molecule has 0 heterocycles. The summed E-state index contributed by atoms with van der Waals surface area (Å²) in [5.74, 6) is -19.3. The summed E-state index contributed by atoms with van der Waals surface area (Å²) in [6.45, 7) is 1.41. The van der Waals surface area contributed by atoms with Crippen LogP contribution in [0.1, 0.15) is 39.5 Å². The monoisotopic (exact) mass is 582 g/mol. The number of aliphatic hydroxyl groups excluding tert-OH is 2. The zero-order chi connectivity index (χ0) is 31.6. The van der Waals surface area contributed by atoms with E-state index in [9.17, 15) is 68.4 Å². The lowest BCUT2D eigenvalue weighted by molar-refractivity contribution is -0.203. The van der Waals surface area contributed by atoms with Crippen LogP contribution < -0.4 is 0 Å². The number of esters is 6. The molecule has 222 valence electrons. The average molecular weight is 582 g/mol. The van der Waals surface area contributed by atoms with E-state index < -0.39 is 109 Å². The van der Waals surface area contributed by atoms with Gasteiger partial charge in [-0.2, -0.15) is 0 Å². The van der Waals surface area contributed by atoms with Gasteiger partial charge in [0, 0.05) is 13.8 Å². The molecule has 0 aliphatic heterocycles. The van der Waals surface area contributed by atoms with Crippen molar-refractivity contribution >= 4 is 59.7 Å². The number of ether oxygens (including phenoxy) is 4. The highest BCUT2D eigenvalue weighted by Crippen LogP contribution is 2.26. The van der Waals surface area contributed by atoms with Gasteiger partial charge in [-0.05, 0) is 0 Å². The van der Waals surface area contributed by atoms with Crippen LogP contribution in [0.4, 0.5) is 0 Å². The van der Waals surface area contributed by atoms with Crippen LogP contribution in [-0.4, -0.2) is 114 Å². The molecular formula is C20H22O20. The Morgan fingerprint density at radius 1 is 0.550 bits per heavy atom. The molecule has 0 saturated heterocycles. The second-order valence-electron chi connectivity index (χ2n) is 7.76. The number of hydrogen-bond acceptors (Lipinski definition) is 16. The molecular weight excluding hydrogens is 560 g/mol. The minimum atomic E-state index is -3.38. The summed E-state index contributed by atoms with van der Waals surface area (Å²) in [6.07, 6.45) is -13.0. The summed E-state index contributed by atoms with van der Waals surface area (Å²) in [6, 6.07) is 0. The van der Waals surface area contributed by atoms with Crippen molar-refractivity contribution in [2.45, 2.75) is 62.9 Å². The Bertz CT molecular complexity index is 1020. The van der Waals surface area contributed by atoms with Gasteiger partial charge < -0.3 is 49.6 Å². The number of carbonyl (C=O) groups is 10. The van der Waals surface area contributed by atoms with Crippen LogP contribution >= 0.6 is 0 Å². The number of aliphatic hydroxyl groups is 2. The number of carbonyl (C=O) groups excluding carboxylic acids is 6. The predicted molar refractivity (Wildman–Crippen MR) is 112 cm³/mol. The van der Waals surface area contributed by atoms with Crippen molar-refractivity contribution in [2.75, 3.05) is 0 Å². The maximum atomic E-state index is 12.3. The Morgan fingerprint density at radius 2 is 0.825 bits per heavy atom. The molecule has 0 aliphatic rings. The third-order valence-corrected chi connectivity index (χ3v) is 4.40. The fourth-order valence-corrected chi connectivity index (χ4v) is 2.77. The smallest absolute Gasteiger partial charge is 0.349 e. The van der Waals surface area contributed by atoms with Gasteiger partial charge in [-0.15, -0.1) is 0 Å². The van der Waals surface area contributed by atoms with Crippen LogP contribution in [-0.2, 0) is 66.9 Å². The Hall–Kier alpha value is -4.98. The van der Waals surface area contributed by atoms with Gasteiger partial charge in [0.25, 0.3) is 0 Å². The number of aliphatic carboxylic acids is 4.